The number of hydrogen-bond acceptors (Lipinski definition) is 4. The fraction of sp³-hybridized carbons (Fsp3) is 0.407. The van der Waals surface area contributed by atoms with Crippen molar-refractivity contribution in [2.75, 3.05) is 17.3 Å². The molecule has 0 radical (unpaired) electrons. The minimum absolute atomic E-state index is 0.0683. The second kappa shape index (κ2) is 9.08. The number of carbonyl (C=O) groups excluding carboxylic acids is 1. The standard InChI is InChI=1S/C27H33N3O2/c1-17(2)30-25-11-18(3)20(13-24(25)19(4)15-27(30,5)6)12-21(16-28)26(31)29-22-9-8-10-23(14-22)32-7/h8-14,17,19H,15H2,1-7H3,(H,29,31)/b21-12-/t19-/m0/s1. The number of amides is 1. The monoisotopic (exact) mass is 431 g/mol. The number of hydrogen-bond donors (Lipinski definition) is 1. The van der Waals surface area contributed by atoms with E-state index in [1.165, 1.54) is 11.3 Å². The van der Waals surface area contributed by atoms with Gasteiger partial charge < -0.3 is 15.0 Å². The van der Waals surface area contributed by atoms with E-state index in [1.54, 1.807) is 37.5 Å². The summed E-state index contributed by atoms with van der Waals surface area (Å²) < 4.78 is 5.20. The molecule has 5 nitrogen and oxygen atoms in total. The van der Waals surface area contributed by atoms with Crippen LogP contribution in [-0.2, 0) is 4.79 Å². The third kappa shape index (κ3) is 4.65. The van der Waals surface area contributed by atoms with Crippen LogP contribution >= 0.6 is 0 Å². The average Bonchev–Trinajstić information content (AvgIpc) is 2.71. The zero-order chi connectivity index (χ0) is 23.6. The number of nitrogens with zero attached hydrogens (tertiary/aromatic N) is 2. The van der Waals surface area contributed by atoms with E-state index in [1.807, 2.05) is 6.92 Å². The molecule has 1 heterocycles. The first kappa shape index (κ1) is 23.4. The van der Waals surface area contributed by atoms with E-state index in [0.29, 0.717) is 23.4 Å². The molecule has 0 bridgehead atoms. The molecule has 1 aliphatic rings. The topological polar surface area (TPSA) is 65.4 Å². The number of rotatable bonds is 5. The number of anilines is 2. The first-order valence-corrected chi connectivity index (χ1v) is 11.1. The van der Waals surface area contributed by atoms with E-state index in [9.17, 15) is 10.1 Å². The van der Waals surface area contributed by atoms with Crippen LogP contribution in [0.2, 0.25) is 0 Å². The van der Waals surface area contributed by atoms with Gasteiger partial charge in [0.15, 0.2) is 0 Å². The number of nitriles is 1. The summed E-state index contributed by atoms with van der Waals surface area (Å²) in [5.41, 5.74) is 5.18. The van der Waals surface area contributed by atoms with Crippen LogP contribution in [0.25, 0.3) is 6.08 Å². The quantitative estimate of drug-likeness (QED) is 0.462. The highest BCUT2D eigenvalue weighted by Gasteiger charge is 2.37. The van der Waals surface area contributed by atoms with Gasteiger partial charge in [0.25, 0.3) is 5.91 Å². The van der Waals surface area contributed by atoms with E-state index in [2.05, 4.69) is 63.0 Å². The first-order valence-electron chi connectivity index (χ1n) is 11.1. The maximum absolute atomic E-state index is 12.8. The van der Waals surface area contributed by atoms with Gasteiger partial charge in [-0.3, -0.25) is 4.79 Å². The normalized spacial score (nSPS) is 17.5. The van der Waals surface area contributed by atoms with Gasteiger partial charge in [0.2, 0.25) is 0 Å². The van der Waals surface area contributed by atoms with Crippen molar-refractivity contribution in [2.45, 2.75) is 65.5 Å². The van der Waals surface area contributed by atoms with Crippen molar-refractivity contribution in [3.8, 4) is 11.8 Å². The van der Waals surface area contributed by atoms with Gasteiger partial charge in [-0.1, -0.05) is 13.0 Å². The summed E-state index contributed by atoms with van der Waals surface area (Å²) in [4.78, 5) is 15.3. The van der Waals surface area contributed by atoms with Gasteiger partial charge in [-0.15, -0.1) is 0 Å². The lowest BCUT2D eigenvalue weighted by atomic mass is 9.78. The molecule has 5 heteroatoms. The molecule has 1 aliphatic heterocycles. The lowest BCUT2D eigenvalue weighted by Gasteiger charge is -2.50. The fourth-order valence-corrected chi connectivity index (χ4v) is 4.95. The predicted molar refractivity (Wildman–Crippen MR) is 131 cm³/mol. The number of aryl methyl sites for hydroxylation is 1. The molecular formula is C27H33N3O2. The molecule has 0 fully saturated rings. The van der Waals surface area contributed by atoms with Crippen LogP contribution < -0.4 is 15.0 Å². The van der Waals surface area contributed by atoms with Crippen molar-refractivity contribution in [1.82, 2.24) is 0 Å². The summed E-state index contributed by atoms with van der Waals surface area (Å²) in [6.07, 6.45) is 2.74. The van der Waals surface area contributed by atoms with Crippen LogP contribution in [0.15, 0.2) is 42.0 Å². The molecule has 0 unspecified atom stereocenters. The zero-order valence-electron chi connectivity index (χ0n) is 20.1. The highest BCUT2D eigenvalue weighted by molar-refractivity contribution is 6.09. The van der Waals surface area contributed by atoms with Gasteiger partial charge in [-0.05, 0) is 94.0 Å². The lowest BCUT2D eigenvalue weighted by molar-refractivity contribution is -0.112. The summed E-state index contributed by atoms with van der Waals surface area (Å²) in [5, 5.41) is 12.5. The number of ether oxygens (including phenoxy) is 1. The van der Waals surface area contributed by atoms with Crippen molar-refractivity contribution in [1.29, 1.82) is 5.26 Å². The Hall–Kier alpha value is -3.26. The molecule has 3 rings (SSSR count). The third-order valence-electron chi connectivity index (χ3n) is 6.17. The van der Waals surface area contributed by atoms with Gasteiger partial charge in [0.05, 0.1) is 7.11 Å². The minimum Gasteiger partial charge on any atom is -0.497 e. The van der Waals surface area contributed by atoms with Crippen molar-refractivity contribution in [3.63, 3.8) is 0 Å². The smallest absolute Gasteiger partial charge is 0.266 e. The Morgan fingerprint density at radius 2 is 2.03 bits per heavy atom. The van der Waals surface area contributed by atoms with Crippen LogP contribution in [0.1, 0.15) is 63.6 Å². The number of nitrogens with one attached hydrogen (secondary N) is 1. The summed E-state index contributed by atoms with van der Waals surface area (Å²) in [7, 11) is 1.57. The number of benzene rings is 2. The van der Waals surface area contributed by atoms with Gasteiger partial charge in [0, 0.05) is 29.0 Å². The summed E-state index contributed by atoms with van der Waals surface area (Å²) in [6, 6.07) is 13.9. The van der Waals surface area contributed by atoms with Crippen LogP contribution in [0.4, 0.5) is 11.4 Å². The Labute approximate surface area is 191 Å². The molecule has 0 aromatic heterocycles. The summed E-state index contributed by atoms with van der Waals surface area (Å²) in [6.45, 7) is 13.3. The van der Waals surface area contributed by atoms with Gasteiger partial charge in [0.1, 0.15) is 17.4 Å². The maximum Gasteiger partial charge on any atom is 0.266 e. The molecule has 1 N–H and O–H groups in total. The summed E-state index contributed by atoms with van der Waals surface area (Å²) >= 11 is 0. The first-order chi connectivity index (χ1) is 15.1. The Kier molecular flexibility index (Phi) is 6.64. The number of carbonyl (C=O) groups is 1. The van der Waals surface area contributed by atoms with E-state index in [4.69, 9.17) is 4.74 Å². The van der Waals surface area contributed by atoms with Crippen LogP contribution in [0.5, 0.6) is 5.75 Å². The van der Waals surface area contributed by atoms with Gasteiger partial charge in [-0.25, -0.2) is 0 Å². The second-order valence-electron chi connectivity index (χ2n) is 9.50. The molecule has 0 saturated carbocycles. The maximum atomic E-state index is 12.8. The van der Waals surface area contributed by atoms with Crippen molar-refractivity contribution in [2.24, 2.45) is 0 Å². The molecule has 0 saturated heterocycles. The average molecular weight is 432 g/mol. The van der Waals surface area contributed by atoms with Gasteiger partial charge in [-0.2, -0.15) is 5.26 Å². The third-order valence-corrected chi connectivity index (χ3v) is 6.17. The van der Waals surface area contributed by atoms with Crippen LogP contribution in [0.3, 0.4) is 0 Å². The van der Waals surface area contributed by atoms with E-state index in [-0.39, 0.29) is 11.1 Å². The number of fused-ring (bicyclic) bond motifs is 1. The molecule has 0 spiro atoms. The minimum atomic E-state index is -0.434. The van der Waals surface area contributed by atoms with Crippen LogP contribution in [-0.4, -0.2) is 24.6 Å². The Bertz CT molecular complexity index is 1090. The number of methoxy groups -OCH3 is 1. The molecule has 1 amide bonds. The zero-order valence-corrected chi connectivity index (χ0v) is 20.1. The van der Waals surface area contributed by atoms with E-state index < -0.39 is 5.91 Å². The SMILES string of the molecule is COc1cccc(NC(=O)/C(C#N)=C\c2cc3c(cc2C)N(C(C)C)C(C)(C)C[C@@H]3C)c1. The Morgan fingerprint density at radius 1 is 1.31 bits per heavy atom. The van der Waals surface area contributed by atoms with Crippen LogP contribution in [0, 0.1) is 18.3 Å². The van der Waals surface area contributed by atoms with Crippen molar-refractivity contribution in [3.05, 3.63) is 58.7 Å². The molecule has 1 atom stereocenters. The molecule has 0 aliphatic carbocycles. The largest absolute Gasteiger partial charge is 0.497 e. The lowest BCUT2D eigenvalue weighted by Crippen LogP contribution is -2.51. The Morgan fingerprint density at radius 3 is 2.66 bits per heavy atom. The van der Waals surface area contributed by atoms with Crippen molar-refractivity contribution < 1.29 is 9.53 Å². The van der Waals surface area contributed by atoms with E-state index >= 15 is 0 Å². The second-order valence-corrected chi connectivity index (χ2v) is 9.50. The molecular weight excluding hydrogens is 398 g/mol. The molecule has 2 aromatic carbocycles. The van der Waals surface area contributed by atoms with Crippen molar-refractivity contribution >= 4 is 23.4 Å². The van der Waals surface area contributed by atoms with Gasteiger partial charge >= 0.3 is 0 Å². The molecule has 2 aromatic rings. The predicted octanol–water partition coefficient (Wildman–Crippen LogP) is 6.05. The Balaban J connectivity index is 1.97. The molecule has 168 valence electrons. The highest BCUT2D eigenvalue weighted by atomic mass is 16.5. The summed E-state index contributed by atoms with van der Waals surface area (Å²) in [5.74, 6) is 0.595. The highest BCUT2D eigenvalue weighted by Crippen LogP contribution is 2.45. The van der Waals surface area contributed by atoms with E-state index in [0.717, 1.165) is 17.5 Å². The molecule has 32 heavy (non-hydrogen) atoms. The fourth-order valence-electron chi connectivity index (χ4n) is 4.95.